The maximum absolute atomic E-state index is 12.5. The van der Waals surface area contributed by atoms with Crippen LogP contribution in [0, 0.1) is 6.92 Å². The van der Waals surface area contributed by atoms with E-state index < -0.39 is 0 Å². The summed E-state index contributed by atoms with van der Waals surface area (Å²) in [5, 5.41) is 6.35. The first-order valence-corrected chi connectivity index (χ1v) is 13.4. The van der Waals surface area contributed by atoms with E-state index in [0.29, 0.717) is 15.8 Å². The number of nitrogen functional groups attached to an aromatic ring is 1. The Balaban J connectivity index is 1.20. The van der Waals surface area contributed by atoms with Crippen molar-refractivity contribution in [2.24, 2.45) is 0 Å². The van der Waals surface area contributed by atoms with Gasteiger partial charge in [0.05, 0.1) is 21.5 Å². The van der Waals surface area contributed by atoms with E-state index in [9.17, 15) is 4.79 Å². The lowest BCUT2D eigenvalue weighted by atomic mass is 10.0. The average molecular weight is 522 g/mol. The van der Waals surface area contributed by atoms with Crippen molar-refractivity contribution in [1.82, 2.24) is 15.2 Å². The van der Waals surface area contributed by atoms with Crippen molar-refractivity contribution in [3.05, 3.63) is 63.0 Å². The number of piperidine rings is 1. The molecular formula is C24H26Cl2N4OS2. The number of amides is 1. The Morgan fingerprint density at radius 1 is 1.21 bits per heavy atom. The van der Waals surface area contributed by atoms with Crippen molar-refractivity contribution in [2.75, 3.05) is 24.6 Å². The van der Waals surface area contributed by atoms with Crippen LogP contribution in [0.5, 0.6) is 0 Å². The summed E-state index contributed by atoms with van der Waals surface area (Å²) in [7, 11) is 0. The van der Waals surface area contributed by atoms with E-state index in [1.54, 1.807) is 11.3 Å². The zero-order valence-corrected chi connectivity index (χ0v) is 21.5. The van der Waals surface area contributed by atoms with Gasteiger partial charge in [0.15, 0.2) is 4.34 Å². The predicted octanol–water partition coefficient (Wildman–Crippen LogP) is 5.88. The zero-order valence-electron chi connectivity index (χ0n) is 18.3. The molecule has 0 unspecified atom stereocenters. The van der Waals surface area contributed by atoms with E-state index >= 15 is 0 Å². The second-order valence-corrected chi connectivity index (χ2v) is 11.1. The summed E-state index contributed by atoms with van der Waals surface area (Å²) in [4.78, 5) is 19.5. The number of nitrogens with two attached hydrogens (primary N) is 1. The van der Waals surface area contributed by atoms with Gasteiger partial charge in [-0.1, -0.05) is 53.2 Å². The second kappa shape index (κ2) is 11.1. The van der Waals surface area contributed by atoms with Gasteiger partial charge in [0, 0.05) is 42.3 Å². The molecular weight excluding hydrogens is 495 g/mol. The number of halogens is 2. The van der Waals surface area contributed by atoms with Crippen LogP contribution in [0.4, 0.5) is 5.69 Å². The van der Waals surface area contributed by atoms with Gasteiger partial charge in [-0.05, 0) is 49.1 Å². The number of likely N-dealkylation sites (tertiary alicyclic amines) is 1. The topological polar surface area (TPSA) is 71.2 Å². The van der Waals surface area contributed by atoms with E-state index in [4.69, 9.17) is 28.9 Å². The number of hydrogen-bond acceptors (Lipinski definition) is 6. The maximum atomic E-state index is 12.5. The standard InChI is InChI=1S/C24H26Cl2N4OS2/c1-15-2-4-17(11-21(15)27)22-13-32-24(29-22)33-14-23(31)28-18-6-8-30(9-7-18)12-16-3-5-19(25)20(26)10-16/h2-5,10-11,13,18H,6-9,12,14,27H2,1H3,(H,28,31). The highest BCUT2D eigenvalue weighted by atomic mass is 35.5. The summed E-state index contributed by atoms with van der Waals surface area (Å²) in [6.07, 6.45) is 1.88. The van der Waals surface area contributed by atoms with E-state index in [1.165, 1.54) is 11.8 Å². The van der Waals surface area contributed by atoms with Crippen LogP contribution in [0.1, 0.15) is 24.0 Å². The molecule has 2 aromatic carbocycles. The molecule has 33 heavy (non-hydrogen) atoms. The number of aromatic nitrogens is 1. The largest absolute Gasteiger partial charge is 0.398 e. The van der Waals surface area contributed by atoms with Gasteiger partial charge in [-0.2, -0.15) is 0 Å². The molecule has 4 rings (SSSR count). The third-order valence-corrected chi connectivity index (χ3v) is 8.49. The second-order valence-electron chi connectivity index (χ2n) is 8.23. The van der Waals surface area contributed by atoms with Crippen LogP contribution in [-0.2, 0) is 11.3 Å². The molecule has 174 valence electrons. The number of benzene rings is 2. The molecule has 0 bridgehead atoms. The highest BCUT2D eigenvalue weighted by Gasteiger charge is 2.21. The molecule has 0 radical (unpaired) electrons. The summed E-state index contributed by atoms with van der Waals surface area (Å²) >= 11 is 15.1. The van der Waals surface area contributed by atoms with Crippen molar-refractivity contribution in [1.29, 1.82) is 0 Å². The number of nitrogens with one attached hydrogen (secondary N) is 1. The number of aryl methyl sites for hydroxylation is 1. The number of hydrogen-bond donors (Lipinski definition) is 2. The van der Waals surface area contributed by atoms with Gasteiger partial charge in [-0.3, -0.25) is 9.69 Å². The molecule has 1 aliphatic rings. The van der Waals surface area contributed by atoms with Crippen molar-refractivity contribution in [3.63, 3.8) is 0 Å². The average Bonchev–Trinajstić information content (AvgIpc) is 3.27. The first kappa shape index (κ1) is 24.4. The van der Waals surface area contributed by atoms with Crippen LogP contribution in [-0.4, -0.2) is 40.7 Å². The molecule has 3 aromatic rings. The molecule has 1 fully saturated rings. The van der Waals surface area contributed by atoms with Gasteiger partial charge in [0.25, 0.3) is 0 Å². The number of rotatable bonds is 7. The van der Waals surface area contributed by atoms with Crippen LogP contribution in [0.15, 0.2) is 46.1 Å². The Morgan fingerprint density at radius 2 is 2.00 bits per heavy atom. The molecule has 1 aliphatic heterocycles. The fourth-order valence-corrected chi connectivity index (χ4v) is 5.75. The molecule has 1 aromatic heterocycles. The number of carbonyl (C=O) groups is 1. The van der Waals surface area contributed by atoms with E-state index in [2.05, 4.69) is 15.2 Å². The molecule has 0 saturated carbocycles. The normalized spacial score (nSPS) is 15.0. The van der Waals surface area contributed by atoms with Gasteiger partial charge >= 0.3 is 0 Å². The minimum absolute atomic E-state index is 0.0549. The fraction of sp³-hybridized carbons (Fsp3) is 0.333. The van der Waals surface area contributed by atoms with E-state index in [-0.39, 0.29) is 11.9 Å². The predicted molar refractivity (Wildman–Crippen MR) is 140 cm³/mol. The van der Waals surface area contributed by atoms with Crippen molar-refractivity contribution in [3.8, 4) is 11.3 Å². The quantitative estimate of drug-likeness (QED) is 0.300. The molecule has 0 atom stereocenters. The first-order valence-electron chi connectivity index (χ1n) is 10.8. The van der Waals surface area contributed by atoms with Gasteiger partial charge in [-0.15, -0.1) is 11.3 Å². The van der Waals surface area contributed by atoms with Crippen molar-refractivity contribution >= 4 is 57.9 Å². The minimum atomic E-state index is 0.0549. The van der Waals surface area contributed by atoms with Crippen LogP contribution in [0.25, 0.3) is 11.3 Å². The maximum Gasteiger partial charge on any atom is 0.230 e. The van der Waals surface area contributed by atoms with Crippen LogP contribution in [0.2, 0.25) is 10.0 Å². The van der Waals surface area contributed by atoms with Gasteiger partial charge in [0.2, 0.25) is 5.91 Å². The van der Waals surface area contributed by atoms with Gasteiger partial charge in [-0.25, -0.2) is 4.98 Å². The molecule has 1 saturated heterocycles. The number of carbonyl (C=O) groups excluding carboxylic acids is 1. The van der Waals surface area contributed by atoms with Gasteiger partial charge in [0.1, 0.15) is 0 Å². The Labute approximate surface area is 212 Å². The lowest BCUT2D eigenvalue weighted by molar-refractivity contribution is -0.119. The number of thioether (sulfide) groups is 1. The molecule has 5 nitrogen and oxygen atoms in total. The lowest BCUT2D eigenvalue weighted by Crippen LogP contribution is -2.44. The summed E-state index contributed by atoms with van der Waals surface area (Å²) in [6.45, 7) is 4.70. The van der Waals surface area contributed by atoms with Crippen LogP contribution in [0.3, 0.4) is 0 Å². The number of anilines is 1. The monoisotopic (exact) mass is 520 g/mol. The molecule has 9 heteroatoms. The summed E-state index contributed by atoms with van der Waals surface area (Å²) < 4.78 is 0.885. The first-order chi connectivity index (χ1) is 15.9. The summed E-state index contributed by atoms with van der Waals surface area (Å²) in [6, 6.07) is 12.0. The van der Waals surface area contributed by atoms with E-state index in [1.807, 2.05) is 48.7 Å². The third-order valence-electron chi connectivity index (χ3n) is 5.73. The van der Waals surface area contributed by atoms with Crippen molar-refractivity contribution < 1.29 is 4.79 Å². The lowest BCUT2D eigenvalue weighted by Gasteiger charge is -2.32. The Morgan fingerprint density at radius 3 is 2.73 bits per heavy atom. The molecule has 0 aliphatic carbocycles. The Hall–Kier alpha value is -1.77. The number of thiazole rings is 1. The fourth-order valence-electron chi connectivity index (χ4n) is 3.78. The van der Waals surface area contributed by atoms with Gasteiger partial charge < -0.3 is 11.1 Å². The molecule has 0 spiro atoms. The SMILES string of the molecule is Cc1ccc(-c2csc(SCC(=O)NC3CCN(Cc4ccc(Cl)c(Cl)c4)CC3)n2)cc1N. The van der Waals surface area contributed by atoms with E-state index in [0.717, 1.165) is 64.9 Å². The Kier molecular flexibility index (Phi) is 8.20. The third kappa shape index (κ3) is 6.64. The molecule has 3 N–H and O–H groups in total. The summed E-state index contributed by atoms with van der Waals surface area (Å²) in [5.41, 5.74) is 10.9. The molecule has 2 heterocycles. The van der Waals surface area contributed by atoms with Crippen molar-refractivity contribution in [2.45, 2.75) is 36.7 Å². The van der Waals surface area contributed by atoms with Crippen LogP contribution < -0.4 is 11.1 Å². The number of nitrogens with zero attached hydrogens (tertiary/aromatic N) is 2. The highest BCUT2D eigenvalue weighted by Crippen LogP contribution is 2.30. The van der Waals surface area contributed by atoms with Crippen LogP contribution >= 0.6 is 46.3 Å². The summed E-state index contributed by atoms with van der Waals surface area (Å²) in [5.74, 6) is 0.422. The minimum Gasteiger partial charge on any atom is -0.398 e. The highest BCUT2D eigenvalue weighted by molar-refractivity contribution is 8.01. The smallest absolute Gasteiger partial charge is 0.230 e. The zero-order chi connectivity index (χ0) is 23.4. The Bertz CT molecular complexity index is 1130. The molecule has 1 amide bonds.